The van der Waals surface area contributed by atoms with Crippen molar-refractivity contribution >= 4 is 34.8 Å². The number of carbonyl (C=O) groups is 1. The third-order valence-electron chi connectivity index (χ3n) is 4.27. The Balaban J connectivity index is 1.72. The Bertz CT molecular complexity index is 978. The number of halogens is 3. The molecule has 3 aromatic rings. The first kappa shape index (κ1) is 19.4. The van der Waals surface area contributed by atoms with Gasteiger partial charge in [0.25, 0.3) is 0 Å². The molecule has 0 spiro atoms. The molecule has 0 fully saturated rings. The first-order chi connectivity index (χ1) is 12.8. The van der Waals surface area contributed by atoms with Gasteiger partial charge < -0.3 is 5.32 Å². The van der Waals surface area contributed by atoms with Gasteiger partial charge in [0, 0.05) is 16.8 Å². The van der Waals surface area contributed by atoms with Crippen LogP contribution in [0.4, 0.5) is 10.1 Å². The monoisotopic (exact) mass is 409 g/mol. The number of aromatic nitrogens is 4. The zero-order valence-electron chi connectivity index (χ0n) is 15.0. The molecule has 9 heteroatoms. The van der Waals surface area contributed by atoms with Gasteiger partial charge in [0.1, 0.15) is 11.9 Å². The van der Waals surface area contributed by atoms with Crippen LogP contribution in [0.15, 0.2) is 30.6 Å². The van der Waals surface area contributed by atoms with Crippen LogP contribution < -0.4 is 5.32 Å². The lowest BCUT2D eigenvalue weighted by Crippen LogP contribution is -2.25. The van der Waals surface area contributed by atoms with Crippen LogP contribution in [0.3, 0.4) is 0 Å². The van der Waals surface area contributed by atoms with E-state index in [0.29, 0.717) is 27.0 Å². The zero-order valence-corrected chi connectivity index (χ0v) is 16.5. The molecule has 0 aliphatic carbocycles. The first-order valence-corrected chi connectivity index (χ1v) is 9.01. The topological polar surface area (TPSA) is 64.7 Å². The van der Waals surface area contributed by atoms with Crippen LogP contribution in [0.2, 0.25) is 10.0 Å². The second kappa shape index (κ2) is 7.70. The highest BCUT2D eigenvalue weighted by atomic mass is 35.5. The molecule has 1 amide bonds. The number of hydrogen-bond donors (Lipinski definition) is 1. The summed E-state index contributed by atoms with van der Waals surface area (Å²) in [7, 11) is 0. The van der Waals surface area contributed by atoms with E-state index in [2.05, 4.69) is 15.5 Å². The van der Waals surface area contributed by atoms with Crippen molar-refractivity contribution in [2.24, 2.45) is 0 Å². The fourth-order valence-corrected chi connectivity index (χ4v) is 3.08. The van der Waals surface area contributed by atoms with E-state index in [9.17, 15) is 9.18 Å². The Kier molecular flexibility index (Phi) is 5.53. The smallest absolute Gasteiger partial charge is 0.249 e. The van der Waals surface area contributed by atoms with Crippen LogP contribution in [-0.4, -0.2) is 25.5 Å². The molecule has 1 N–H and O–H groups in total. The lowest BCUT2D eigenvalue weighted by atomic mass is 10.2. The van der Waals surface area contributed by atoms with Crippen LogP contribution in [0, 0.1) is 19.7 Å². The van der Waals surface area contributed by atoms with E-state index in [4.69, 9.17) is 23.2 Å². The van der Waals surface area contributed by atoms with Gasteiger partial charge in [-0.3, -0.25) is 14.2 Å². The summed E-state index contributed by atoms with van der Waals surface area (Å²) >= 11 is 12.2. The molecular formula is C18H18Cl2FN5O. The fourth-order valence-electron chi connectivity index (χ4n) is 2.74. The van der Waals surface area contributed by atoms with Gasteiger partial charge in [0.05, 0.1) is 34.8 Å². The summed E-state index contributed by atoms with van der Waals surface area (Å²) in [5, 5.41) is 12.1. The van der Waals surface area contributed by atoms with Crippen molar-refractivity contribution in [2.45, 2.75) is 33.4 Å². The number of carbonyl (C=O) groups excluding carboxylic acids is 1. The normalized spacial score (nSPS) is 12.2. The lowest BCUT2D eigenvalue weighted by molar-refractivity contribution is -0.119. The van der Waals surface area contributed by atoms with Gasteiger partial charge in [-0.25, -0.2) is 4.39 Å². The van der Waals surface area contributed by atoms with Crippen molar-refractivity contribution in [3.63, 3.8) is 0 Å². The van der Waals surface area contributed by atoms with Gasteiger partial charge in [-0.2, -0.15) is 10.2 Å². The second-order valence-electron chi connectivity index (χ2n) is 6.22. The second-order valence-corrected chi connectivity index (χ2v) is 7.01. The van der Waals surface area contributed by atoms with Crippen LogP contribution in [-0.2, 0) is 11.3 Å². The van der Waals surface area contributed by atoms with E-state index in [0.717, 1.165) is 5.69 Å². The fraction of sp³-hybridized carbons (Fsp3) is 0.278. The average molecular weight is 410 g/mol. The SMILES string of the molecule is Cc1nn(C(C)C(=O)Nc2cnn(Cc3c(F)cccc3Cl)c2)c(C)c1Cl. The summed E-state index contributed by atoms with van der Waals surface area (Å²) in [5.74, 6) is -0.667. The molecule has 3 rings (SSSR count). The zero-order chi connectivity index (χ0) is 19.7. The van der Waals surface area contributed by atoms with Crippen LogP contribution in [0.1, 0.15) is 29.9 Å². The molecule has 0 bridgehead atoms. The summed E-state index contributed by atoms with van der Waals surface area (Å²) < 4.78 is 17.0. The molecule has 0 aliphatic rings. The Hall–Kier alpha value is -2.38. The first-order valence-electron chi connectivity index (χ1n) is 8.25. The minimum Gasteiger partial charge on any atom is -0.322 e. The largest absolute Gasteiger partial charge is 0.322 e. The molecule has 0 radical (unpaired) electrons. The average Bonchev–Trinajstić information content (AvgIpc) is 3.17. The number of aryl methyl sites for hydroxylation is 1. The third-order valence-corrected chi connectivity index (χ3v) is 5.17. The maximum atomic E-state index is 13.9. The molecule has 1 aromatic carbocycles. The van der Waals surface area contributed by atoms with Gasteiger partial charge in [-0.1, -0.05) is 29.3 Å². The van der Waals surface area contributed by atoms with Crippen molar-refractivity contribution in [3.05, 3.63) is 63.4 Å². The van der Waals surface area contributed by atoms with Gasteiger partial charge in [-0.05, 0) is 32.9 Å². The summed E-state index contributed by atoms with van der Waals surface area (Å²) in [4.78, 5) is 12.5. The van der Waals surface area contributed by atoms with E-state index < -0.39 is 11.9 Å². The van der Waals surface area contributed by atoms with E-state index in [1.165, 1.54) is 16.9 Å². The Labute approximate surface area is 165 Å². The maximum Gasteiger partial charge on any atom is 0.249 e. The molecule has 142 valence electrons. The highest BCUT2D eigenvalue weighted by molar-refractivity contribution is 6.32. The van der Waals surface area contributed by atoms with E-state index in [-0.39, 0.29) is 12.5 Å². The van der Waals surface area contributed by atoms with Crippen molar-refractivity contribution in [1.29, 1.82) is 0 Å². The number of hydrogen-bond acceptors (Lipinski definition) is 3. The summed E-state index contributed by atoms with van der Waals surface area (Å²) in [5.41, 5.74) is 2.22. The molecule has 0 aliphatic heterocycles. The van der Waals surface area contributed by atoms with E-state index >= 15 is 0 Å². The Morgan fingerprint density at radius 1 is 1.33 bits per heavy atom. The Morgan fingerprint density at radius 2 is 2.07 bits per heavy atom. The van der Waals surface area contributed by atoms with Crippen molar-refractivity contribution in [3.8, 4) is 0 Å². The van der Waals surface area contributed by atoms with Crippen molar-refractivity contribution in [1.82, 2.24) is 19.6 Å². The van der Waals surface area contributed by atoms with Crippen LogP contribution >= 0.6 is 23.2 Å². The highest BCUT2D eigenvalue weighted by Gasteiger charge is 2.21. The minimum absolute atomic E-state index is 0.157. The quantitative estimate of drug-likeness (QED) is 0.679. The number of nitrogens with zero attached hydrogens (tertiary/aromatic N) is 4. The third kappa shape index (κ3) is 3.99. The van der Waals surface area contributed by atoms with Gasteiger partial charge >= 0.3 is 0 Å². The van der Waals surface area contributed by atoms with Gasteiger partial charge in [-0.15, -0.1) is 0 Å². The van der Waals surface area contributed by atoms with Crippen molar-refractivity contribution in [2.75, 3.05) is 5.32 Å². The Morgan fingerprint density at radius 3 is 2.70 bits per heavy atom. The number of nitrogens with one attached hydrogen (secondary N) is 1. The number of amides is 1. The number of rotatable bonds is 5. The molecule has 2 aromatic heterocycles. The highest BCUT2D eigenvalue weighted by Crippen LogP contribution is 2.23. The number of anilines is 1. The summed E-state index contributed by atoms with van der Waals surface area (Å²) in [6, 6.07) is 3.95. The van der Waals surface area contributed by atoms with E-state index in [1.54, 1.807) is 36.9 Å². The maximum absolute atomic E-state index is 13.9. The van der Waals surface area contributed by atoms with Crippen LogP contribution in [0.5, 0.6) is 0 Å². The summed E-state index contributed by atoms with van der Waals surface area (Å²) in [6.07, 6.45) is 3.11. The molecule has 0 saturated heterocycles. The van der Waals surface area contributed by atoms with Gasteiger partial charge in [0.2, 0.25) is 5.91 Å². The van der Waals surface area contributed by atoms with Crippen LogP contribution in [0.25, 0.3) is 0 Å². The molecule has 27 heavy (non-hydrogen) atoms. The molecule has 6 nitrogen and oxygen atoms in total. The molecule has 1 atom stereocenters. The molecule has 1 unspecified atom stereocenters. The van der Waals surface area contributed by atoms with Gasteiger partial charge in [0.15, 0.2) is 0 Å². The predicted octanol–water partition coefficient (Wildman–Crippen LogP) is 4.39. The molecule has 0 saturated carbocycles. The lowest BCUT2D eigenvalue weighted by Gasteiger charge is -2.13. The summed E-state index contributed by atoms with van der Waals surface area (Å²) in [6.45, 7) is 5.48. The van der Waals surface area contributed by atoms with Crippen molar-refractivity contribution < 1.29 is 9.18 Å². The number of benzene rings is 1. The van der Waals surface area contributed by atoms with E-state index in [1.807, 2.05) is 6.92 Å². The molecular weight excluding hydrogens is 392 g/mol. The standard InChI is InChI=1S/C18H18Cl2FN5O/c1-10-17(20)11(2)26(24-10)12(3)18(27)23-13-7-22-25(8-13)9-14-15(19)5-4-6-16(14)21/h4-8,12H,9H2,1-3H3,(H,23,27). The minimum atomic E-state index is -0.555. The molecule has 2 heterocycles. The predicted molar refractivity (Wildman–Crippen MR) is 103 cm³/mol.